The third-order valence-corrected chi connectivity index (χ3v) is 4.29. The molecule has 2 amide bonds. The molecule has 1 aromatic heterocycles. The van der Waals surface area contributed by atoms with Crippen molar-refractivity contribution in [2.75, 3.05) is 11.9 Å². The second-order valence-electron chi connectivity index (χ2n) is 6.27. The maximum atomic E-state index is 13.2. The molecule has 1 N–H and O–H groups in total. The molecule has 6 nitrogen and oxygen atoms in total. The molecule has 0 saturated carbocycles. The number of hydrogen-bond donors (Lipinski definition) is 1. The number of anilines is 1. The highest BCUT2D eigenvalue weighted by molar-refractivity contribution is 5.99. The summed E-state index contributed by atoms with van der Waals surface area (Å²) in [7, 11) is 0. The van der Waals surface area contributed by atoms with Crippen molar-refractivity contribution in [2.45, 2.75) is 13.1 Å². The van der Waals surface area contributed by atoms with E-state index in [0.717, 1.165) is 5.56 Å². The second kappa shape index (κ2) is 7.37. The van der Waals surface area contributed by atoms with E-state index in [1.807, 2.05) is 36.4 Å². The minimum atomic E-state index is -0.204. The van der Waals surface area contributed by atoms with Crippen LogP contribution in [-0.2, 0) is 17.9 Å². The third kappa shape index (κ3) is 3.84. The van der Waals surface area contributed by atoms with Crippen LogP contribution in [0.3, 0.4) is 0 Å². The van der Waals surface area contributed by atoms with E-state index in [0.29, 0.717) is 35.9 Å². The number of furan rings is 1. The van der Waals surface area contributed by atoms with Crippen LogP contribution in [0.2, 0.25) is 0 Å². The largest absolute Gasteiger partial charge is 0.482 e. The smallest absolute Gasteiger partial charge is 0.262 e. The summed E-state index contributed by atoms with van der Waals surface area (Å²) in [5.41, 5.74) is 2.09. The molecule has 0 saturated heterocycles. The number of carbonyl (C=O) groups is 2. The molecular formula is C21H18N2O4. The van der Waals surface area contributed by atoms with Crippen molar-refractivity contribution in [1.82, 2.24) is 4.90 Å². The average molecular weight is 362 g/mol. The molecule has 0 radical (unpaired) electrons. The summed E-state index contributed by atoms with van der Waals surface area (Å²) in [6, 6.07) is 18.5. The number of fused-ring (bicyclic) bond motifs is 1. The van der Waals surface area contributed by atoms with E-state index in [-0.39, 0.29) is 18.4 Å². The predicted octanol–water partition coefficient (Wildman–Crippen LogP) is 3.45. The van der Waals surface area contributed by atoms with E-state index in [4.69, 9.17) is 9.15 Å². The van der Waals surface area contributed by atoms with Crippen molar-refractivity contribution in [3.05, 3.63) is 83.8 Å². The van der Waals surface area contributed by atoms with Crippen molar-refractivity contribution < 1.29 is 18.7 Å². The first-order chi connectivity index (χ1) is 13.2. The Morgan fingerprint density at radius 2 is 1.89 bits per heavy atom. The van der Waals surface area contributed by atoms with Crippen LogP contribution in [0.15, 0.2) is 71.3 Å². The summed E-state index contributed by atoms with van der Waals surface area (Å²) >= 11 is 0. The minimum absolute atomic E-state index is 0.0508. The molecule has 0 atom stereocenters. The molecule has 1 aliphatic heterocycles. The molecule has 2 aromatic carbocycles. The van der Waals surface area contributed by atoms with E-state index in [9.17, 15) is 9.59 Å². The third-order valence-electron chi connectivity index (χ3n) is 4.29. The number of nitrogens with zero attached hydrogens (tertiary/aromatic N) is 1. The number of ether oxygens (including phenoxy) is 1. The van der Waals surface area contributed by atoms with Crippen LogP contribution < -0.4 is 10.1 Å². The Morgan fingerprint density at radius 3 is 2.67 bits per heavy atom. The Hall–Kier alpha value is -3.54. The number of nitrogens with one attached hydrogen (secondary N) is 1. The van der Waals surface area contributed by atoms with Gasteiger partial charge in [0.15, 0.2) is 6.61 Å². The maximum absolute atomic E-state index is 13.2. The van der Waals surface area contributed by atoms with Gasteiger partial charge in [0.05, 0.1) is 18.5 Å². The van der Waals surface area contributed by atoms with Gasteiger partial charge in [0.2, 0.25) is 0 Å². The van der Waals surface area contributed by atoms with E-state index < -0.39 is 0 Å². The minimum Gasteiger partial charge on any atom is -0.482 e. The number of amides is 2. The Balaban J connectivity index is 1.60. The molecule has 1 aliphatic rings. The lowest BCUT2D eigenvalue weighted by molar-refractivity contribution is -0.118. The van der Waals surface area contributed by atoms with E-state index >= 15 is 0 Å². The van der Waals surface area contributed by atoms with Crippen molar-refractivity contribution in [2.24, 2.45) is 0 Å². The van der Waals surface area contributed by atoms with Crippen molar-refractivity contribution >= 4 is 17.5 Å². The zero-order valence-corrected chi connectivity index (χ0v) is 14.6. The van der Waals surface area contributed by atoms with Gasteiger partial charge in [-0.3, -0.25) is 9.59 Å². The summed E-state index contributed by atoms with van der Waals surface area (Å²) in [5, 5.41) is 2.73. The highest BCUT2D eigenvalue weighted by Crippen LogP contribution is 2.29. The normalized spacial score (nSPS) is 12.7. The molecule has 0 bridgehead atoms. The predicted molar refractivity (Wildman–Crippen MR) is 99.3 cm³/mol. The van der Waals surface area contributed by atoms with Crippen LogP contribution in [0, 0.1) is 0 Å². The van der Waals surface area contributed by atoms with Crippen LogP contribution in [0.25, 0.3) is 0 Å². The Kier molecular flexibility index (Phi) is 4.61. The van der Waals surface area contributed by atoms with Gasteiger partial charge in [-0.2, -0.15) is 0 Å². The van der Waals surface area contributed by atoms with Gasteiger partial charge in [0, 0.05) is 12.1 Å². The quantitative estimate of drug-likeness (QED) is 0.755. The summed E-state index contributed by atoms with van der Waals surface area (Å²) in [5.74, 6) is 0.863. The van der Waals surface area contributed by atoms with Crippen LogP contribution in [-0.4, -0.2) is 23.3 Å². The first-order valence-electron chi connectivity index (χ1n) is 8.61. The molecule has 3 aromatic rings. The number of rotatable bonds is 5. The second-order valence-corrected chi connectivity index (χ2v) is 6.27. The lowest BCUT2D eigenvalue weighted by atomic mass is 10.1. The van der Waals surface area contributed by atoms with Gasteiger partial charge in [-0.05, 0) is 35.9 Å². The number of hydrogen-bond acceptors (Lipinski definition) is 4. The highest BCUT2D eigenvalue weighted by atomic mass is 16.5. The first kappa shape index (κ1) is 16.9. The van der Waals surface area contributed by atoms with Gasteiger partial charge >= 0.3 is 0 Å². The van der Waals surface area contributed by atoms with Gasteiger partial charge in [-0.15, -0.1) is 0 Å². The SMILES string of the molecule is O=C1COc2cc(C(=O)N(Cc3ccccc3)Cc3ccco3)ccc2N1. The zero-order chi connectivity index (χ0) is 18.6. The molecule has 0 unspecified atom stereocenters. The highest BCUT2D eigenvalue weighted by Gasteiger charge is 2.22. The molecular weight excluding hydrogens is 344 g/mol. The standard InChI is InChI=1S/C21H18N2O4/c24-20-14-27-19-11-16(8-9-18(19)22-20)21(25)23(13-17-7-4-10-26-17)12-15-5-2-1-3-6-15/h1-11H,12-14H2,(H,22,24). The molecule has 4 rings (SSSR count). The summed E-state index contributed by atoms with van der Waals surface area (Å²) in [6.45, 7) is 0.759. The molecule has 0 fully saturated rings. The first-order valence-corrected chi connectivity index (χ1v) is 8.61. The molecule has 0 spiro atoms. The summed E-state index contributed by atoms with van der Waals surface area (Å²) < 4.78 is 10.9. The fraction of sp³-hybridized carbons (Fsp3) is 0.143. The Labute approximate surface area is 156 Å². The Bertz CT molecular complexity index is 952. The van der Waals surface area contributed by atoms with Gasteiger partial charge < -0.3 is 19.4 Å². The number of carbonyl (C=O) groups excluding carboxylic acids is 2. The summed E-state index contributed by atoms with van der Waals surface area (Å²) in [6.07, 6.45) is 1.59. The van der Waals surface area contributed by atoms with Crippen molar-refractivity contribution in [1.29, 1.82) is 0 Å². The van der Waals surface area contributed by atoms with Gasteiger partial charge in [0.1, 0.15) is 11.5 Å². The topological polar surface area (TPSA) is 71.8 Å². The molecule has 2 heterocycles. The van der Waals surface area contributed by atoms with E-state index in [1.165, 1.54) is 0 Å². The fourth-order valence-electron chi connectivity index (χ4n) is 2.98. The van der Waals surface area contributed by atoms with Crippen molar-refractivity contribution in [3.8, 4) is 5.75 Å². The summed E-state index contributed by atoms with van der Waals surface area (Å²) in [4.78, 5) is 26.3. The van der Waals surface area contributed by atoms with Crippen molar-refractivity contribution in [3.63, 3.8) is 0 Å². The lowest BCUT2D eigenvalue weighted by Gasteiger charge is -2.23. The fourth-order valence-corrected chi connectivity index (χ4v) is 2.98. The van der Waals surface area contributed by atoms with Gasteiger partial charge in [-0.1, -0.05) is 30.3 Å². The molecule has 136 valence electrons. The van der Waals surface area contributed by atoms with Gasteiger partial charge in [-0.25, -0.2) is 0 Å². The monoisotopic (exact) mass is 362 g/mol. The van der Waals surface area contributed by atoms with Crippen LogP contribution in [0.5, 0.6) is 5.75 Å². The maximum Gasteiger partial charge on any atom is 0.262 e. The van der Waals surface area contributed by atoms with Crippen LogP contribution in [0.1, 0.15) is 21.7 Å². The molecule has 6 heteroatoms. The average Bonchev–Trinajstić information content (AvgIpc) is 3.20. The van der Waals surface area contributed by atoms with Gasteiger partial charge in [0.25, 0.3) is 11.8 Å². The van der Waals surface area contributed by atoms with E-state index in [1.54, 1.807) is 35.4 Å². The molecule has 27 heavy (non-hydrogen) atoms. The van der Waals surface area contributed by atoms with E-state index in [2.05, 4.69) is 5.32 Å². The Morgan fingerprint density at radius 1 is 1.04 bits per heavy atom. The lowest BCUT2D eigenvalue weighted by Crippen LogP contribution is -2.30. The van der Waals surface area contributed by atoms with Crippen LogP contribution in [0.4, 0.5) is 5.69 Å². The molecule has 0 aliphatic carbocycles. The number of benzene rings is 2. The van der Waals surface area contributed by atoms with Crippen LogP contribution >= 0.6 is 0 Å². The zero-order valence-electron chi connectivity index (χ0n) is 14.6.